The van der Waals surface area contributed by atoms with Gasteiger partial charge in [0.25, 0.3) is 0 Å². The molecular formula is C15H12NO4-. The van der Waals surface area contributed by atoms with Gasteiger partial charge in [-0.1, -0.05) is 0 Å². The maximum atomic E-state index is 11.4. The van der Waals surface area contributed by atoms with Crippen molar-refractivity contribution in [2.45, 2.75) is 6.92 Å². The van der Waals surface area contributed by atoms with Gasteiger partial charge < -0.3 is 19.6 Å². The first-order chi connectivity index (χ1) is 9.54. The molecule has 20 heavy (non-hydrogen) atoms. The highest BCUT2D eigenvalue weighted by Crippen LogP contribution is 2.23. The molecule has 1 heterocycles. The van der Waals surface area contributed by atoms with E-state index in [9.17, 15) is 14.7 Å². The van der Waals surface area contributed by atoms with E-state index in [1.807, 2.05) is 19.1 Å². The molecule has 0 fully saturated rings. The lowest BCUT2D eigenvalue weighted by Gasteiger charge is -2.03. The Morgan fingerprint density at radius 2 is 1.80 bits per heavy atom. The molecule has 5 nitrogen and oxygen atoms in total. The second-order valence-electron chi connectivity index (χ2n) is 4.13. The molecule has 1 aromatic heterocycles. The van der Waals surface area contributed by atoms with Gasteiger partial charge in [0, 0.05) is 17.3 Å². The Morgan fingerprint density at radius 1 is 1.10 bits per heavy atom. The van der Waals surface area contributed by atoms with E-state index in [0.29, 0.717) is 11.8 Å². The molecule has 0 bridgehead atoms. The molecule has 0 saturated carbocycles. The fraction of sp³-hybridized carbons (Fsp3) is 0.0667. The lowest BCUT2D eigenvalue weighted by atomic mass is 10.1. The topological polar surface area (TPSA) is 82.4 Å². The summed E-state index contributed by atoms with van der Waals surface area (Å²) in [6.07, 6.45) is 1.58. The van der Waals surface area contributed by atoms with Gasteiger partial charge in [0.2, 0.25) is 5.91 Å². The van der Waals surface area contributed by atoms with Crippen molar-refractivity contribution in [3.05, 3.63) is 54.3 Å². The third-order valence-electron chi connectivity index (χ3n) is 2.55. The molecule has 0 saturated heterocycles. The Kier molecular flexibility index (Phi) is 4.00. The Hall–Kier alpha value is -2.82. The van der Waals surface area contributed by atoms with Crippen molar-refractivity contribution < 1.29 is 19.1 Å². The van der Waals surface area contributed by atoms with Crippen molar-refractivity contribution in [1.82, 2.24) is 0 Å². The summed E-state index contributed by atoms with van der Waals surface area (Å²) in [6, 6.07) is 10.8. The highest BCUT2D eigenvalue weighted by Gasteiger charge is 2.03. The standard InChI is InChI=1S/C15H13NO4/c1-10-2-7-13(20-10)11-3-5-12(6-4-11)16-14(17)8-9-15(18)19/h2-9H,1H3,(H,16,17)(H,18,19)/p-1/b9-8+. The normalized spacial score (nSPS) is 10.7. The van der Waals surface area contributed by atoms with Crippen LogP contribution in [0.5, 0.6) is 0 Å². The number of carboxylic acid groups (broad SMARTS) is 1. The molecule has 1 aromatic carbocycles. The molecule has 1 amide bonds. The fourth-order valence-corrected chi connectivity index (χ4v) is 1.64. The largest absolute Gasteiger partial charge is 0.545 e. The third kappa shape index (κ3) is 3.58. The molecule has 102 valence electrons. The number of aliphatic carboxylic acids is 1. The molecule has 2 rings (SSSR count). The van der Waals surface area contributed by atoms with Gasteiger partial charge in [-0.2, -0.15) is 0 Å². The molecule has 0 aliphatic carbocycles. The maximum absolute atomic E-state index is 11.4. The van der Waals surface area contributed by atoms with Crippen LogP contribution in [0.3, 0.4) is 0 Å². The smallest absolute Gasteiger partial charge is 0.248 e. The molecule has 5 heteroatoms. The van der Waals surface area contributed by atoms with E-state index in [0.717, 1.165) is 23.2 Å². The van der Waals surface area contributed by atoms with Crippen LogP contribution in [0.15, 0.2) is 53.0 Å². The van der Waals surface area contributed by atoms with E-state index < -0.39 is 11.9 Å². The molecule has 0 aliphatic rings. The van der Waals surface area contributed by atoms with Gasteiger partial charge in [0.05, 0.1) is 5.97 Å². The first-order valence-electron chi connectivity index (χ1n) is 5.91. The van der Waals surface area contributed by atoms with Gasteiger partial charge in [-0.15, -0.1) is 0 Å². The van der Waals surface area contributed by atoms with Crippen molar-refractivity contribution >= 4 is 17.6 Å². The molecule has 0 aliphatic heterocycles. The number of carboxylic acids is 1. The molecule has 1 N–H and O–H groups in total. The van der Waals surface area contributed by atoms with Crippen LogP contribution in [0.1, 0.15) is 5.76 Å². The zero-order valence-electron chi connectivity index (χ0n) is 10.8. The van der Waals surface area contributed by atoms with E-state index in [4.69, 9.17) is 4.42 Å². The summed E-state index contributed by atoms with van der Waals surface area (Å²) in [5.74, 6) is -0.374. The van der Waals surface area contributed by atoms with Gasteiger partial charge >= 0.3 is 0 Å². The summed E-state index contributed by atoms with van der Waals surface area (Å²) >= 11 is 0. The number of amides is 1. The lowest BCUT2D eigenvalue weighted by molar-refractivity contribution is -0.297. The number of nitrogens with one attached hydrogen (secondary N) is 1. The summed E-state index contributed by atoms with van der Waals surface area (Å²) in [5.41, 5.74) is 1.45. The highest BCUT2D eigenvalue weighted by molar-refractivity contribution is 6.02. The monoisotopic (exact) mass is 270 g/mol. The second-order valence-corrected chi connectivity index (χ2v) is 4.13. The number of anilines is 1. The van der Waals surface area contributed by atoms with Crippen molar-refractivity contribution in [1.29, 1.82) is 0 Å². The second kappa shape index (κ2) is 5.88. The first kappa shape index (κ1) is 13.6. The van der Waals surface area contributed by atoms with Crippen molar-refractivity contribution in [3.8, 4) is 11.3 Å². The van der Waals surface area contributed by atoms with Crippen LogP contribution in [0.25, 0.3) is 11.3 Å². The number of furan rings is 1. The molecular weight excluding hydrogens is 258 g/mol. The average molecular weight is 270 g/mol. The summed E-state index contributed by atoms with van der Waals surface area (Å²) in [7, 11) is 0. The van der Waals surface area contributed by atoms with Crippen LogP contribution < -0.4 is 10.4 Å². The van der Waals surface area contributed by atoms with Gasteiger partial charge in [-0.05, 0) is 49.4 Å². The van der Waals surface area contributed by atoms with E-state index in [-0.39, 0.29) is 0 Å². The van der Waals surface area contributed by atoms with Gasteiger partial charge in [0.15, 0.2) is 0 Å². The summed E-state index contributed by atoms with van der Waals surface area (Å²) in [4.78, 5) is 21.5. The zero-order valence-corrected chi connectivity index (χ0v) is 10.8. The fourth-order valence-electron chi connectivity index (χ4n) is 1.64. The Bertz CT molecular complexity index is 653. The van der Waals surface area contributed by atoms with E-state index in [1.165, 1.54) is 0 Å². The van der Waals surface area contributed by atoms with Crippen LogP contribution in [0.2, 0.25) is 0 Å². The summed E-state index contributed by atoms with van der Waals surface area (Å²) in [5, 5.41) is 12.7. The highest BCUT2D eigenvalue weighted by atomic mass is 16.4. The minimum atomic E-state index is -1.41. The quantitative estimate of drug-likeness (QED) is 0.853. The van der Waals surface area contributed by atoms with Crippen molar-refractivity contribution in [2.24, 2.45) is 0 Å². The van der Waals surface area contributed by atoms with Gasteiger partial charge in [-0.25, -0.2) is 0 Å². The van der Waals surface area contributed by atoms with E-state index >= 15 is 0 Å². The predicted octanol–water partition coefficient (Wildman–Crippen LogP) is 1.50. The first-order valence-corrected chi connectivity index (χ1v) is 5.91. The number of hydrogen-bond acceptors (Lipinski definition) is 4. The number of carbonyl (C=O) groups excluding carboxylic acids is 2. The summed E-state index contributed by atoms with van der Waals surface area (Å²) < 4.78 is 5.48. The maximum Gasteiger partial charge on any atom is 0.248 e. The zero-order chi connectivity index (χ0) is 14.5. The molecule has 2 aromatic rings. The number of benzene rings is 1. The number of aryl methyl sites for hydroxylation is 1. The minimum absolute atomic E-state index is 0.532. The SMILES string of the molecule is Cc1ccc(-c2ccc(NC(=O)/C=C/C(=O)[O-])cc2)o1. The van der Waals surface area contributed by atoms with Crippen molar-refractivity contribution in [2.75, 3.05) is 5.32 Å². The van der Waals surface area contributed by atoms with E-state index in [2.05, 4.69) is 5.32 Å². The Labute approximate surface area is 115 Å². The molecule has 0 spiro atoms. The third-order valence-corrected chi connectivity index (χ3v) is 2.55. The average Bonchev–Trinajstić information content (AvgIpc) is 2.84. The van der Waals surface area contributed by atoms with Crippen LogP contribution >= 0.6 is 0 Å². The minimum Gasteiger partial charge on any atom is -0.545 e. The van der Waals surface area contributed by atoms with Crippen LogP contribution in [-0.4, -0.2) is 11.9 Å². The molecule has 0 atom stereocenters. The molecule has 0 unspecified atom stereocenters. The Morgan fingerprint density at radius 3 is 2.35 bits per heavy atom. The van der Waals surface area contributed by atoms with Gasteiger partial charge in [0.1, 0.15) is 11.5 Å². The summed E-state index contributed by atoms with van der Waals surface area (Å²) in [6.45, 7) is 1.86. The van der Waals surface area contributed by atoms with Crippen LogP contribution in [0.4, 0.5) is 5.69 Å². The predicted molar refractivity (Wildman–Crippen MR) is 71.7 cm³/mol. The van der Waals surface area contributed by atoms with Crippen molar-refractivity contribution in [3.63, 3.8) is 0 Å². The van der Waals surface area contributed by atoms with E-state index in [1.54, 1.807) is 24.3 Å². The van der Waals surface area contributed by atoms with Crippen LogP contribution in [0, 0.1) is 6.92 Å². The number of hydrogen-bond donors (Lipinski definition) is 1. The molecule has 0 radical (unpaired) electrons. The lowest BCUT2D eigenvalue weighted by Crippen LogP contribution is -2.20. The number of rotatable bonds is 4. The van der Waals surface area contributed by atoms with Crippen LogP contribution in [-0.2, 0) is 9.59 Å². The number of carbonyl (C=O) groups is 2. The Balaban J connectivity index is 2.05. The van der Waals surface area contributed by atoms with Gasteiger partial charge in [-0.3, -0.25) is 4.79 Å².